The SMILES string of the molecule is NCCc1nnc(-c2ccc([N+](=O)[O-])cc2F)s1. The van der Waals surface area contributed by atoms with E-state index in [-0.39, 0.29) is 11.3 Å². The molecule has 94 valence electrons. The maximum absolute atomic E-state index is 13.7. The van der Waals surface area contributed by atoms with Gasteiger partial charge in [-0.1, -0.05) is 11.3 Å². The average Bonchev–Trinajstić information content (AvgIpc) is 2.77. The van der Waals surface area contributed by atoms with Gasteiger partial charge in [0.05, 0.1) is 11.0 Å². The average molecular weight is 268 g/mol. The molecular formula is C10H9FN4O2S. The van der Waals surface area contributed by atoms with Gasteiger partial charge in [0.2, 0.25) is 0 Å². The van der Waals surface area contributed by atoms with Crippen LogP contribution in [0.3, 0.4) is 0 Å². The second-order valence-corrected chi connectivity index (χ2v) is 4.52. The molecule has 0 radical (unpaired) electrons. The molecule has 0 saturated carbocycles. The number of nitrogens with zero attached hydrogens (tertiary/aromatic N) is 3. The lowest BCUT2D eigenvalue weighted by molar-refractivity contribution is -0.385. The second kappa shape index (κ2) is 5.15. The van der Waals surface area contributed by atoms with Gasteiger partial charge in [-0.25, -0.2) is 4.39 Å². The number of hydrogen-bond donors (Lipinski definition) is 1. The zero-order valence-corrected chi connectivity index (χ0v) is 9.98. The van der Waals surface area contributed by atoms with Crippen LogP contribution in [0.15, 0.2) is 18.2 Å². The third kappa shape index (κ3) is 2.49. The summed E-state index contributed by atoms with van der Waals surface area (Å²) < 4.78 is 13.7. The van der Waals surface area contributed by atoms with E-state index in [9.17, 15) is 14.5 Å². The van der Waals surface area contributed by atoms with E-state index >= 15 is 0 Å². The van der Waals surface area contributed by atoms with Crippen LogP contribution in [0.1, 0.15) is 5.01 Å². The highest BCUT2D eigenvalue weighted by atomic mass is 32.1. The molecule has 1 aromatic carbocycles. The molecule has 0 aliphatic carbocycles. The van der Waals surface area contributed by atoms with E-state index in [0.717, 1.165) is 6.07 Å². The van der Waals surface area contributed by atoms with E-state index in [0.29, 0.717) is 23.0 Å². The summed E-state index contributed by atoms with van der Waals surface area (Å²) in [6, 6.07) is 3.45. The number of halogens is 1. The molecule has 18 heavy (non-hydrogen) atoms. The molecule has 1 aromatic heterocycles. The molecule has 0 fully saturated rings. The van der Waals surface area contributed by atoms with Gasteiger partial charge in [-0.05, 0) is 12.6 Å². The van der Waals surface area contributed by atoms with Crippen molar-refractivity contribution in [1.29, 1.82) is 0 Å². The zero-order valence-electron chi connectivity index (χ0n) is 9.17. The number of aromatic nitrogens is 2. The summed E-state index contributed by atoms with van der Waals surface area (Å²) >= 11 is 1.23. The Labute approximate surface area is 105 Å². The maximum atomic E-state index is 13.7. The lowest BCUT2D eigenvalue weighted by Gasteiger charge is -1.97. The molecule has 6 nitrogen and oxygen atoms in total. The molecule has 0 aliphatic rings. The van der Waals surface area contributed by atoms with Gasteiger partial charge in [0, 0.05) is 18.1 Å². The molecular weight excluding hydrogens is 259 g/mol. The van der Waals surface area contributed by atoms with Crippen molar-refractivity contribution in [2.75, 3.05) is 6.54 Å². The summed E-state index contributed by atoms with van der Waals surface area (Å²) in [4.78, 5) is 9.84. The molecule has 2 N–H and O–H groups in total. The minimum absolute atomic E-state index is 0.210. The van der Waals surface area contributed by atoms with Crippen LogP contribution < -0.4 is 5.73 Å². The molecule has 0 unspecified atom stereocenters. The Morgan fingerprint density at radius 3 is 2.83 bits per heavy atom. The number of nitro groups is 1. The van der Waals surface area contributed by atoms with E-state index in [1.165, 1.54) is 23.5 Å². The third-order valence-corrected chi connectivity index (χ3v) is 3.24. The van der Waals surface area contributed by atoms with Crippen molar-refractivity contribution >= 4 is 17.0 Å². The highest BCUT2D eigenvalue weighted by molar-refractivity contribution is 7.14. The molecule has 0 saturated heterocycles. The lowest BCUT2D eigenvalue weighted by Crippen LogP contribution is -2.01. The van der Waals surface area contributed by atoms with Crippen molar-refractivity contribution in [1.82, 2.24) is 10.2 Å². The number of non-ortho nitro benzene ring substituents is 1. The highest BCUT2D eigenvalue weighted by Gasteiger charge is 2.15. The minimum atomic E-state index is -0.681. The summed E-state index contributed by atoms with van der Waals surface area (Å²) in [6.07, 6.45) is 0.576. The Morgan fingerprint density at radius 2 is 2.22 bits per heavy atom. The summed E-state index contributed by atoms with van der Waals surface area (Å²) in [5.41, 5.74) is 5.30. The first-order chi connectivity index (χ1) is 8.61. The number of hydrogen-bond acceptors (Lipinski definition) is 6. The van der Waals surface area contributed by atoms with Gasteiger partial charge >= 0.3 is 0 Å². The molecule has 8 heteroatoms. The first kappa shape index (κ1) is 12.5. The van der Waals surface area contributed by atoms with Crippen LogP contribution in [0.5, 0.6) is 0 Å². The Hall–Kier alpha value is -1.93. The number of benzene rings is 1. The predicted octanol–water partition coefficient (Wildman–Crippen LogP) is 1.75. The van der Waals surface area contributed by atoms with Gasteiger partial charge in [-0.2, -0.15) is 0 Å². The van der Waals surface area contributed by atoms with Crippen molar-refractivity contribution in [3.8, 4) is 10.6 Å². The second-order valence-electron chi connectivity index (χ2n) is 3.46. The minimum Gasteiger partial charge on any atom is -0.330 e. The fraction of sp³-hybridized carbons (Fsp3) is 0.200. The Bertz CT molecular complexity index is 587. The van der Waals surface area contributed by atoms with Crippen molar-refractivity contribution in [3.63, 3.8) is 0 Å². The van der Waals surface area contributed by atoms with Crippen LogP contribution in [0.2, 0.25) is 0 Å². The van der Waals surface area contributed by atoms with E-state index in [1.807, 2.05) is 0 Å². The zero-order chi connectivity index (χ0) is 13.1. The molecule has 0 atom stereocenters. The topological polar surface area (TPSA) is 94.9 Å². The van der Waals surface area contributed by atoms with Crippen molar-refractivity contribution < 1.29 is 9.31 Å². The standard InChI is InChI=1S/C10H9FN4O2S/c11-8-5-6(15(16)17)1-2-7(8)10-14-13-9(18-10)3-4-12/h1-2,5H,3-4,12H2. The monoisotopic (exact) mass is 268 g/mol. The molecule has 1 heterocycles. The summed E-state index contributed by atoms with van der Waals surface area (Å²) in [6.45, 7) is 0.442. The first-order valence-corrected chi connectivity index (χ1v) is 5.90. The molecule has 0 aliphatic heterocycles. The highest BCUT2D eigenvalue weighted by Crippen LogP contribution is 2.28. The number of nitro benzene ring substituents is 1. The summed E-state index contributed by atoms with van der Waals surface area (Å²) in [7, 11) is 0. The molecule has 2 aromatic rings. The molecule has 0 spiro atoms. The van der Waals surface area contributed by atoms with Crippen LogP contribution in [0, 0.1) is 15.9 Å². The van der Waals surface area contributed by atoms with Gasteiger partial charge in [-0.3, -0.25) is 10.1 Å². The van der Waals surface area contributed by atoms with Gasteiger partial charge in [0.25, 0.3) is 5.69 Å². The lowest BCUT2D eigenvalue weighted by atomic mass is 10.2. The van der Waals surface area contributed by atoms with E-state index in [1.54, 1.807) is 0 Å². The van der Waals surface area contributed by atoms with Crippen molar-refractivity contribution in [2.45, 2.75) is 6.42 Å². The Kier molecular flexibility index (Phi) is 3.58. The van der Waals surface area contributed by atoms with Gasteiger partial charge in [-0.15, -0.1) is 10.2 Å². The maximum Gasteiger partial charge on any atom is 0.272 e. The largest absolute Gasteiger partial charge is 0.330 e. The van der Waals surface area contributed by atoms with Crippen LogP contribution in [0.25, 0.3) is 10.6 Å². The van der Waals surface area contributed by atoms with Crippen LogP contribution in [-0.4, -0.2) is 21.7 Å². The molecule has 2 rings (SSSR count). The quantitative estimate of drug-likeness (QED) is 0.673. The van der Waals surface area contributed by atoms with Crippen LogP contribution in [-0.2, 0) is 6.42 Å². The summed E-state index contributed by atoms with van der Waals surface area (Å²) in [5, 5.41) is 19.3. The van der Waals surface area contributed by atoms with Gasteiger partial charge < -0.3 is 5.73 Å². The van der Waals surface area contributed by atoms with E-state index < -0.39 is 10.7 Å². The van der Waals surface area contributed by atoms with Gasteiger partial charge in [0.1, 0.15) is 10.8 Å². The van der Waals surface area contributed by atoms with E-state index in [2.05, 4.69) is 10.2 Å². The number of nitrogens with two attached hydrogens (primary N) is 1. The Balaban J connectivity index is 2.35. The van der Waals surface area contributed by atoms with E-state index in [4.69, 9.17) is 5.73 Å². The smallest absolute Gasteiger partial charge is 0.272 e. The molecule has 0 amide bonds. The van der Waals surface area contributed by atoms with Crippen LogP contribution >= 0.6 is 11.3 Å². The fourth-order valence-corrected chi connectivity index (χ4v) is 2.26. The van der Waals surface area contributed by atoms with Gasteiger partial charge in [0.15, 0.2) is 5.01 Å². The Morgan fingerprint density at radius 1 is 1.44 bits per heavy atom. The predicted molar refractivity (Wildman–Crippen MR) is 64.7 cm³/mol. The third-order valence-electron chi connectivity index (χ3n) is 2.22. The molecule has 0 bridgehead atoms. The first-order valence-electron chi connectivity index (χ1n) is 5.08. The summed E-state index contributed by atoms with van der Waals surface area (Å²) in [5.74, 6) is -0.681. The fourth-order valence-electron chi connectivity index (χ4n) is 1.38. The van der Waals surface area contributed by atoms with Crippen molar-refractivity contribution in [3.05, 3.63) is 39.1 Å². The van der Waals surface area contributed by atoms with Crippen molar-refractivity contribution in [2.24, 2.45) is 5.73 Å². The van der Waals surface area contributed by atoms with Crippen LogP contribution in [0.4, 0.5) is 10.1 Å². The number of rotatable bonds is 4. The normalized spacial score (nSPS) is 10.6.